The Balaban J connectivity index is 0. The van der Waals surface area contributed by atoms with Crippen molar-refractivity contribution in [1.82, 2.24) is 0 Å². The van der Waals surface area contributed by atoms with Crippen LogP contribution in [0.1, 0.15) is 73.6 Å². The van der Waals surface area contributed by atoms with Gasteiger partial charge in [0.15, 0.2) is 0 Å². The average molecular weight is 370 g/mol. The highest BCUT2D eigenvalue weighted by Crippen LogP contribution is 2.17. The molecule has 0 rings (SSSR count). The Morgan fingerprint density at radius 1 is 0.875 bits per heavy atom. The predicted octanol–water partition coefficient (Wildman–Crippen LogP) is 7.20. The molecule has 0 spiro atoms. The normalized spacial score (nSPS) is 11.0. The molecule has 0 aliphatic rings. The summed E-state index contributed by atoms with van der Waals surface area (Å²) in [7, 11) is -5.38. The van der Waals surface area contributed by atoms with Gasteiger partial charge >= 0.3 is 7.25 Å². The molecule has 0 nitrogen and oxygen atoms in total. The van der Waals surface area contributed by atoms with Crippen molar-refractivity contribution in [2.75, 3.05) is 17.3 Å². The Hall–Kier alpha value is -0.385. The van der Waals surface area contributed by atoms with E-state index in [0.717, 1.165) is 0 Å². The minimum Gasteiger partial charge on any atom is -0.418 e. The first-order chi connectivity index (χ1) is 11.0. The van der Waals surface area contributed by atoms with Crippen LogP contribution in [0.4, 0.5) is 17.3 Å². The van der Waals surface area contributed by atoms with Crippen LogP contribution in [-0.4, -0.2) is 24.5 Å². The molecule has 0 radical (unpaired) electrons. The zero-order valence-electron chi connectivity index (χ0n) is 16.2. The lowest BCUT2D eigenvalue weighted by Crippen LogP contribution is -2.18. The maximum Gasteiger partial charge on any atom is 0.673 e. The van der Waals surface area contributed by atoms with E-state index in [1.165, 1.54) is 54.9 Å². The van der Waals surface area contributed by atoms with Crippen LogP contribution in [0, 0.1) is 0 Å². The second-order valence-electron chi connectivity index (χ2n) is 6.46. The summed E-state index contributed by atoms with van der Waals surface area (Å²) in [6, 6.07) is 0. The van der Waals surface area contributed by atoms with E-state index in [0.29, 0.717) is 10.9 Å². The monoisotopic (exact) mass is 370 g/mol. The van der Waals surface area contributed by atoms with Crippen LogP contribution in [0.3, 0.4) is 0 Å². The van der Waals surface area contributed by atoms with Crippen LogP contribution in [0.5, 0.6) is 0 Å². The molecule has 0 saturated carbocycles. The Bertz CT molecular complexity index is 354. The van der Waals surface area contributed by atoms with Crippen LogP contribution in [0.2, 0.25) is 0 Å². The van der Waals surface area contributed by atoms with Gasteiger partial charge in [0.05, 0.1) is 0 Å². The molecule has 0 heterocycles. The number of unbranched alkanes of at least 4 members (excludes halogenated alkanes) is 2. The summed E-state index contributed by atoms with van der Waals surface area (Å²) in [4.78, 5) is 0. The molecule has 0 aromatic carbocycles. The second-order valence-corrected chi connectivity index (χ2v) is 8.79. The van der Waals surface area contributed by atoms with E-state index in [2.05, 4.69) is 47.6 Å². The number of rotatable bonds is 10. The molecule has 0 saturated heterocycles. The minimum absolute atomic E-state index is 0.623. The first-order valence-corrected chi connectivity index (χ1v) is 10.5. The Morgan fingerprint density at radius 2 is 1.29 bits per heavy atom. The zero-order chi connectivity index (χ0) is 19.2. The molecule has 24 heavy (non-hydrogen) atoms. The topological polar surface area (TPSA) is 0 Å². The van der Waals surface area contributed by atoms with E-state index in [9.17, 15) is 17.3 Å². The van der Waals surface area contributed by atoms with Crippen LogP contribution >= 0.6 is 0 Å². The predicted molar refractivity (Wildman–Crippen MR) is 104 cm³/mol. The van der Waals surface area contributed by atoms with Gasteiger partial charge in [0.1, 0.15) is 17.3 Å². The van der Waals surface area contributed by atoms with Crippen molar-refractivity contribution in [3.63, 3.8) is 0 Å². The fraction of sp³-hybridized carbons (Fsp3) is 0.778. The molecule has 6 heteroatoms. The van der Waals surface area contributed by atoms with Crippen LogP contribution in [-0.2, 0) is 10.9 Å². The molecule has 0 unspecified atom stereocenters. The maximum absolute atomic E-state index is 9.75. The van der Waals surface area contributed by atoms with Gasteiger partial charge in [0.2, 0.25) is 0 Å². The van der Waals surface area contributed by atoms with Crippen molar-refractivity contribution in [2.45, 2.75) is 73.6 Å². The van der Waals surface area contributed by atoms with Gasteiger partial charge < -0.3 is 17.3 Å². The summed E-state index contributed by atoms with van der Waals surface area (Å²) in [6.45, 7) is 13.6. The largest absolute Gasteiger partial charge is 0.673 e. The summed E-state index contributed by atoms with van der Waals surface area (Å²) in [5.74, 6) is 4.25. The molecule has 0 N–H and O–H groups in total. The Labute approximate surface area is 149 Å². The quantitative estimate of drug-likeness (QED) is 0.165. The summed E-state index contributed by atoms with van der Waals surface area (Å²) in [5, 5.41) is 0. The number of allylic oxidation sites excluding steroid dienone is 3. The highest BCUT2D eigenvalue weighted by molar-refractivity contribution is 7.97. The van der Waals surface area contributed by atoms with Gasteiger partial charge in [-0.3, -0.25) is 0 Å². The average Bonchev–Trinajstić information content (AvgIpc) is 2.43. The highest BCUT2D eigenvalue weighted by Gasteiger charge is 2.20. The lowest BCUT2D eigenvalue weighted by molar-refractivity contribution is 0.368. The number of hydrogen-bond acceptors (Lipinski definition) is 0. The smallest absolute Gasteiger partial charge is 0.418 e. The molecular weight excluding hydrogens is 335 g/mol. The molecular formula is C18H35BF4S. The highest BCUT2D eigenvalue weighted by atomic mass is 32.2. The standard InChI is InChI=1S/C18H35S.BF4/c1-7-9-13-19(14-10-8-2)15-18(17(5)6)12-11-16(3)4;2-1(3,4)5/h11H,7-10,12-15H2,1-6H3;/q+1;-1. The Morgan fingerprint density at radius 3 is 1.58 bits per heavy atom. The van der Waals surface area contributed by atoms with E-state index < -0.39 is 7.25 Å². The molecule has 0 amide bonds. The van der Waals surface area contributed by atoms with Gasteiger partial charge in [-0.05, 0) is 63.4 Å². The Kier molecular flexibility index (Phi) is 16.1. The molecule has 0 aliphatic heterocycles. The second kappa shape index (κ2) is 14.9. The summed E-state index contributed by atoms with van der Waals surface area (Å²) >= 11 is 0. The molecule has 0 aromatic heterocycles. The van der Waals surface area contributed by atoms with Gasteiger partial charge in [0, 0.05) is 0 Å². The van der Waals surface area contributed by atoms with Gasteiger partial charge in [-0.15, -0.1) is 0 Å². The van der Waals surface area contributed by atoms with E-state index >= 15 is 0 Å². The van der Waals surface area contributed by atoms with E-state index in [-0.39, 0.29) is 0 Å². The van der Waals surface area contributed by atoms with E-state index in [1.807, 2.05) is 0 Å². The van der Waals surface area contributed by atoms with Crippen molar-refractivity contribution >= 4 is 18.1 Å². The molecule has 0 aliphatic carbocycles. The third-order valence-corrected chi connectivity index (χ3v) is 5.90. The molecule has 0 fully saturated rings. The maximum atomic E-state index is 9.75. The van der Waals surface area contributed by atoms with Crippen molar-refractivity contribution < 1.29 is 17.3 Å². The van der Waals surface area contributed by atoms with Crippen LogP contribution in [0.25, 0.3) is 0 Å². The summed E-state index contributed by atoms with van der Waals surface area (Å²) in [6.07, 6.45) is 9.06. The summed E-state index contributed by atoms with van der Waals surface area (Å²) in [5.41, 5.74) is 4.68. The first-order valence-electron chi connectivity index (χ1n) is 8.81. The number of halogens is 4. The van der Waals surface area contributed by atoms with Crippen molar-refractivity contribution in [1.29, 1.82) is 0 Å². The minimum atomic E-state index is -6.00. The molecule has 144 valence electrons. The van der Waals surface area contributed by atoms with Crippen molar-refractivity contribution in [2.24, 2.45) is 0 Å². The molecule has 0 atom stereocenters. The fourth-order valence-electron chi connectivity index (χ4n) is 1.92. The van der Waals surface area contributed by atoms with Gasteiger partial charge in [0.25, 0.3) is 0 Å². The van der Waals surface area contributed by atoms with Crippen molar-refractivity contribution in [3.05, 3.63) is 22.8 Å². The van der Waals surface area contributed by atoms with E-state index in [1.54, 1.807) is 11.1 Å². The van der Waals surface area contributed by atoms with Crippen molar-refractivity contribution in [3.8, 4) is 0 Å². The molecule has 0 aromatic rings. The third kappa shape index (κ3) is 21.6. The zero-order valence-corrected chi connectivity index (χ0v) is 17.0. The lowest BCUT2D eigenvalue weighted by atomic mass is 10.1. The van der Waals surface area contributed by atoms with Gasteiger partial charge in [-0.25, -0.2) is 0 Å². The molecule has 0 bridgehead atoms. The third-order valence-electron chi connectivity index (χ3n) is 3.42. The van der Waals surface area contributed by atoms with Gasteiger partial charge in [-0.1, -0.05) is 43.9 Å². The summed E-state index contributed by atoms with van der Waals surface area (Å²) < 4.78 is 39.0. The SMILES string of the molecule is CCCC[S+](CCCC)CC(CC=C(C)C)=C(C)C.F[B-](F)(F)F. The first kappa shape index (κ1) is 25.9. The fourth-order valence-corrected chi connectivity index (χ4v) is 4.71. The lowest BCUT2D eigenvalue weighted by Gasteiger charge is -2.12. The van der Waals surface area contributed by atoms with Crippen LogP contribution in [0.15, 0.2) is 22.8 Å². The number of hydrogen-bond donors (Lipinski definition) is 0. The van der Waals surface area contributed by atoms with Gasteiger partial charge in [-0.2, -0.15) is 0 Å². The van der Waals surface area contributed by atoms with E-state index in [4.69, 9.17) is 0 Å². The van der Waals surface area contributed by atoms with Crippen LogP contribution < -0.4 is 0 Å².